The van der Waals surface area contributed by atoms with Gasteiger partial charge in [0.15, 0.2) is 0 Å². The molecule has 1 aliphatic carbocycles. The lowest BCUT2D eigenvalue weighted by molar-refractivity contribution is -0.109. The minimum atomic E-state index is -0.460. The molecule has 0 aromatic carbocycles. The van der Waals surface area contributed by atoms with E-state index in [1.54, 1.807) is 0 Å². The summed E-state index contributed by atoms with van der Waals surface area (Å²) in [5.74, 6) is 0.148. The molecule has 0 radical (unpaired) electrons. The van der Waals surface area contributed by atoms with E-state index in [4.69, 9.17) is 4.74 Å². The van der Waals surface area contributed by atoms with Crippen LogP contribution in [0.1, 0.15) is 47.0 Å². The molecule has 4 nitrogen and oxygen atoms in total. The van der Waals surface area contributed by atoms with E-state index >= 15 is 0 Å². The third-order valence-corrected chi connectivity index (χ3v) is 4.22. The molecule has 1 aliphatic heterocycles. The van der Waals surface area contributed by atoms with Gasteiger partial charge in [-0.15, -0.1) is 0 Å². The van der Waals surface area contributed by atoms with Crippen molar-refractivity contribution in [2.24, 2.45) is 11.3 Å². The van der Waals surface area contributed by atoms with E-state index in [1.165, 1.54) is 0 Å². The van der Waals surface area contributed by atoms with Gasteiger partial charge in [-0.05, 0) is 40.0 Å². The smallest absolute Gasteiger partial charge is 0.410 e. The maximum absolute atomic E-state index is 12.2. The summed E-state index contributed by atoms with van der Waals surface area (Å²) in [5, 5.41) is 0. The molecule has 102 valence electrons. The van der Waals surface area contributed by atoms with Gasteiger partial charge in [-0.1, -0.05) is 6.92 Å². The Morgan fingerprint density at radius 1 is 1.50 bits per heavy atom. The second-order valence-electron chi connectivity index (χ2n) is 6.53. The lowest BCUT2D eigenvalue weighted by Crippen LogP contribution is -2.42. The van der Waals surface area contributed by atoms with Gasteiger partial charge in [0.2, 0.25) is 0 Å². The zero-order valence-corrected chi connectivity index (χ0v) is 11.7. The van der Waals surface area contributed by atoms with Gasteiger partial charge in [0.05, 0.1) is 0 Å². The molecule has 2 fully saturated rings. The number of carbonyl (C=O) groups excluding carboxylic acids is 2. The molecule has 1 heterocycles. The summed E-state index contributed by atoms with van der Waals surface area (Å²) in [7, 11) is 0. The van der Waals surface area contributed by atoms with Crippen LogP contribution in [-0.2, 0) is 9.53 Å². The number of aldehydes is 1. The van der Waals surface area contributed by atoms with Crippen molar-refractivity contribution in [3.8, 4) is 0 Å². The summed E-state index contributed by atoms with van der Waals surface area (Å²) in [6.07, 6.45) is 3.59. The van der Waals surface area contributed by atoms with E-state index in [-0.39, 0.29) is 23.5 Å². The van der Waals surface area contributed by atoms with E-state index in [0.717, 1.165) is 32.1 Å². The summed E-state index contributed by atoms with van der Waals surface area (Å²) in [6.45, 7) is 8.43. The molecule has 4 heteroatoms. The van der Waals surface area contributed by atoms with Crippen molar-refractivity contribution in [1.82, 2.24) is 4.90 Å². The molecule has 0 N–H and O–H groups in total. The minimum absolute atomic E-state index is 0.0629. The van der Waals surface area contributed by atoms with Gasteiger partial charge < -0.3 is 14.4 Å². The first-order valence-corrected chi connectivity index (χ1v) is 6.79. The fourth-order valence-corrected chi connectivity index (χ4v) is 3.33. The van der Waals surface area contributed by atoms with Crippen LogP contribution in [0.15, 0.2) is 0 Å². The summed E-state index contributed by atoms with van der Waals surface area (Å²) in [5.41, 5.74) is -0.397. The van der Waals surface area contributed by atoms with Crippen molar-refractivity contribution in [2.45, 2.75) is 58.6 Å². The second kappa shape index (κ2) is 4.25. The van der Waals surface area contributed by atoms with Crippen LogP contribution in [0.3, 0.4) is 0 Å². The molecule has 18 heavy (non-hydrogen) atoms. The molecule has 3 unspecified atom stereocenters. The molecule has 1 saturated heterocycles. The van der Waals surface area contributed by atoms with Crippen molar-refractivity contribution < 1.29 is 14.3 Å². The van der Waals surface area contributed by atoms with Gasteiger partial charge in [0, 0.05) is 23.9 Å². The Kier molecular flexibility index (Phi) is 3.16. The Labute approximate surface area is 109 Å². The van der Waals surface area contributed by atoms with Gasteiger partial charge in [-0.2, -0.15) is 0 Å². The minimum Gasteiger partial charge on any atom is -0.444 e. The predicted octanol–water partition coefficient (Wildman–Crippen LogP) is 2.61. The van der Waals surface area contributed by atoms with E-state index < -0.39 is 5.60 Å². The van der Waals surface area contributed by atoms with Crippen molar-refractivity contribution in [1.29, 1.82) is 0 Å². The molecule has 0 aromatic heterocycles. The number of hydrogen-bond donors (Lipinski definition) is 0. The second-order valence-corrected chi connectivity index (χ2v) is 6.53. The first kappa shape index (κ1) is 13.4. The lowest BCUT2D eigenvalue weighted by Gasteiger charge is -2.30. The van der Waals surface area contributed by atoms with Crippen molar-refractivity contribution in [2.75, 3.05) is 6.54 Å². The summed E-state index contributed by atoms with van der Waals surface area (Å²) in [6, 6.07) is 0.169. The quantitative estimate of drug-likeness (QED) is 0.711. The largest absolute Gasteiger partial charge is 0.444 e. The van der Waals surface area contributed by atoms with Crippen LogP contribution in [0.5, 0.6) is 0 Å². The highest BCUT2D eigenvalue weighted by Gasteiger charge is 2.63. The first-order chi connectivity index (χ1) is 8.34. The third kappa shape index (κ3) is 2.13. The monoisotopic (exact) mass is 253 g/mol. The maximum atomic E-state index is 12.2. The van der Waals surface area contributed by atoms with Crippen LogP contribution in [0, 0.1) is 11.3 Å². The van der Waals surface area contributed by atoms with Gasteiger partial charge in [0.1, 0.15) is 11.9 Å². The molecular formula is C14H23NO3. The highest BCUT2D eigenvalue weighted by atomic mass is 16.6. The topological polar surface area (TPSA) is 46.6 Å². The van der Waals surface area contributed by atoms with Gasteiger partial charge >= 0.3 is 6.09 Å². The van der Waals surface area contributed by atoms with E-state index in [1.807, 2.05) is 25.7 Å². The zero-order valence-electron chi connectivity index (χ0n) is 11.7. The molecule has 1 saturated carbocycles. The van der Waals surface area contributed by atoms with Crippen molar-refractivity contribution in [3.05, 3.63) is 0 Å². The van der Waals surface area contributed by atoms with Gasteiger partial charge in [-0.3, -0.25) is 0 Å². The molecule has 2 aliphatic rings. The first-order valence-electron chi connectivity index (χ1n) is 6.79. The molecule has 0 aromatic rings. The summed E-state index contributed by atoms with van der Waals surface area (Å²) < 4.78 is 5.44. The van der Waals surface area contributed by atoms with Crippen molar-refractivity contribution >= 4 is 12.4 Å². The summed E-state index contributed by atoms with van der Waals surface area (Å²) >= 11 is 0. The van der Waals surface area contributed by atoms with Crippen LogP contribution >= 0.6 is 0 Å². The molecule has 2 rings (SSSR count). The molecule has 1 amide bonds. The molecule has 0 bridgehead atoms. The van der Waals surface area contributed by atoms with E-state index in [0.29, 0.717) is 0 Å². The number of amides is 1. The Morgan fingerprint density at radius 3 is 2.61 bits per heavy atom. The maximum Gasteiger partial charge on any atom is 0.410 e. The number of likely N-dealkylation sites (tertiary alicyclic amines) is 1. The standard InChI is InChI=1S/C14H23NO3/c1-5-11-14(8-10(14)9-16)6-7-15(11)12(17)18-13(2,3)4/h9-11H,5-8H2,1-4H3. The molecular weight excluding hydrogens is 230 g/mol. The average Bonchev–Trinajstić information content (AvgIpc) is 2.81. The van der Waals surface area contributed by atoms with Gasteiger partial charge in [0.25, 0.3) is 0 Å². The highest BCUT2D eigenvalue weighted by Crippen LogP contribution is 2.61. The van der Waals surface area contributed by atoms with Crippen LogP contribution in [-0.4, -0.2) is 35.5 Å². The Bertz CT molecular complexity index is 361. The molecule has 1 spiro atoms. The van der Waals surface area contributed by atoms with Crippen LogP contribution in [0.4, 0.5) is 4.79 Å². The fourth-order valence-electron chi connectivity index (χ4n) is 3.33. The number of ether oxygens (including phenoxy) is 1. The zero-order chi connectivity index (χ0) is 13.6. The number of nitrogens with zero attached hydrogens (tertiary/aromatic N) is 1. The lowest BCUT2D eigenvalue weighted by atomic mass is 9.92. The number of rotatable bonds is 2. The van der Waals surface area contributed by atoms with Crippen LogP contribution in [0.25, 0.3) is 0 Å². The Morgan fingerprint density at radius 2 is 2.17 bits per heavy atom. The number of carbonyl (C=O) groups is 2. The van der Waals surface area contributed by atoms with Crippen LogP contribution < -0.4 is 0 Å². The average molecular weight is 253 g/mol. The molecule has 3 atom stereocenters. The normalized spacial score (nSPS) is 34.8. The highest BCUT2D eigenvalue weighted by molar-refractivity contribution is 5.70. The van der Waals surface area contributed by atoms with Gasteiger partial charge in [-0.25, -0.2) is 4.79 Å². The van der Waals surface area contributed by atoms with Crippen molar-refractivity contribution in [3.63, 3.8) is 0 Å². The SMILES string of the molecule is CCC1N(C(=O)OC(C)(C)C)CCC12CC2C=O. The Hall–Kier alpha value is -1.06. The van der Waals surface area contributed by atoms with E-state index in [2.05, 4.69) is 6.92 Å². The van der Waals surface area contributed by atoms with E-state index in [9.17, 15) is 9.59 Å². The third-order valence-electron chi connectivity index (χ3n) is 4.22. The number of hydrogen-bond acceptors (Lipinski definition) is 3. The summed E-state index contributed by atoms with van der Waals surface area (Å²) in [4.78, 5) is 24.9. The predicted molar refractivity (Wildman–Crippen MR) is 68.2 cm³/mol. The fraction of sp³-hybridized carbons (Fsp3) is 0.857. The van der Waals surface area contributed by atoms with Crippen LogP contribution in [0.2, 0.25) is 0 Å². The Balaban J connectivity index is 2.07.